The number of anilines is 1. The van der Waals surface area contributed by atoms with E-state index in [0.29, 0.717) is 19.8 Å². The number of nitrogens with one attached hydrogen (secondary N) is 2. The van der Waals surface area contributed by atoms with Crippen LogP contribution < -0.4 is 10.2 Å². The molecule has 8 heteroatoms. The zero-order valence-corrected chi connectivity index (χ0v) is 16.6. The molecular weight excluding hydrogens is 370 g/mol. The maximum absolute atomic E-state index is 13.0. The average molecular weight is 399 g/mol. The Morgan fingerprint density at radius 1 is 1.34 bits per heavy atom. The van der Waals surface area contributed by atoms with Crippen molar-refractivity contribution in [2.75, 3.05) is 37.7 Å². The van der Waals surface area contributed by atoms with Gasteiger partial charge >= 0.3 is 0 Å². The molecule has 2 aromatic rings. The first-order valence-corrected chi connectivity index (χ1v) is 10.7. The summed E-state index contributed by atoms with van der Waals surface area (Å²) in [6, 6.07) is 2.01. The number of carbonyl (C=O) groups excluding carboxylic acids is 1. The van der Waals surface area contributed by atoms with Crippen LogP contribution in [0.1, 0.15) is 32.1 Å². The number of piperidine rings is 1. The van der Waals surface area contributed by atoms with Crippen molar-refractivity contribution >= 4 is 22.8 Å². The van der Waals surface area contributed by atoms with Gasteiger partial charge in [-0.25, -0.2) is 9.97 Å². The topological polar surface area (TPSA) is 103 Å². The van der Waals surface area contributed by atoms with Gasteiger partial charge in [-0.15, -0.1) is 0 Å². The highest BCUT2D eigenvalue weighted by Crippen LogP contribution is 2.56. The first-order valence-electron chi connectivity index (χ1n) is 10.7. The number of fused-ring (bicyclic) bond motifs is 1. The van der Waals surface area contributed by atoms with Crippen molar-refractivity contribution in [3.63, 3.8) is 0 Å². The van der Waals surface area contributed by atoms with E-state index in [1.807, 2.05) is 12.3 Å². The number of carbonyl (C=O) groups is 1. The molecule has 0 bridgehead atoms. The molecule has 1 amide bonds. The van der Waals surface area contributed by atoms with Crippen molar-refractivity contribution in [1.82, 2.24) is 20.3 Å². The fourth-order valence-corrected chi connectivity index (χ4v) is 5.12. The first kappa shape index (κ1) is 18.8. The van der Waals surface area contributed by atoms with Gasteiger partial charge in [-0.3, -0.25) is 4.79 Å². The molecular formula is C21H29N5O3. The van der Waals surface area contributed by atoms with Crippen LogP contribution >= 0.6 is 0 Å². The smallest absolute Gasteiger partial charge is 0.223 e. The van der Waals surface area contributed by atoms with Crippen LogP contribution in [0.5, 0.6) is 0 Å². The van der Waals surface area contributed by atoms with E-state index in [1.54, 1.807) is 6.33 Å². The molecule has 0 radical (unpaired) electrons. The third-order valence-corrected chi connectivity index (χ3v) is 7.07. The maximum Gasteiger partial charge on any atom is 0.223 e. The van der Waals surface area contributed by atoms with E-state index in [-0.39, 0.29) is 23.2 Å². The highest BCUT2D eigenvalue weighted by molar-refractivity contribution is 5.87. The third kappa shape index (κ3) is 3.59. The van der Waals surface area contributed by atoms with Gasteiger partial charge in [-0.05, 0) is 49.5 Å². The SMILES string of the molecule is O=C(NC[C@H](O)C1CCOCC1)[C@H]1CCN(c2ncnc3[nH]ccc23)CC12CC2. The Bertz CT molecular complexity index is 874. The molecule has 0 unspecified atom stereocenters. The van der Waals surface area contributed by atoms with Gasteiger partial charge in [-0.1, -0.05) is 0 Å². The molecule has 2 aromatic heterocycles. The number of H-pyrrole nitrogens is 1. The molecule has 3 N–H and O–H groups in total. The Morgan fingerprint density at radius 2 is 2.17 bits per heavy atom. The molecule has 29 heavy (non-hydrogen) atoms. The highest BCUT2D eigenvalue weighted by atomic mass is 16.5. The molecule has 5 rings (SSSR count). The predicted molar refractivity (Wildman–Crippen MR) is 108 cm³/mol. The molecule has 2 atom stereocenters. The molecule has 1 spiro atoms. The number of hydrogen-bond acceptors (Lipinski definition) is 6. The van der Waals surface area contributed by atoms with Crippen molar-refractivity contribution in [3.8, 4) is 0 Å². The van der Waals surface area contributed by atoms with Crippen LogP contribution in [-0.4, -0.2) is 64.9 Å². The summed E-state index contributed by atoms with van der Waals surface area (Å²) in [5.74, 6) is 1.30. The molecule has 2 saturated heterocycles. The molecule has 2 aliphatic heterocycles. The highest BCUT2D eigenvalue weighted by Gasteiger charge is 2.55. The maximum atomic E-state index is 13.0. The van der Waals surface area contributed by atoms with Crippen molar-refractivity contribution in [2.24, 2.45) is 17.3 Å². The minimum absolute atomic E-state index is 0.0178. The zero-order valence-electron chi connectivity index (χ0n) is 16.6. The van der Waals surface area contributed by atoms with Crippen molar-refractivity contribution < 1.29 is 14.6 Å². The van der Waals surface area contributed by atoms with Crippen molar-refractivity contribution in [2.45, 2.75) is 38.2 Å². The zero-order chi connectivity index (χ0) is 19.8. The van der Waals surface area contributed by atoms with Gasteiger partial charge in [0.05, 0.1) is 11.5 Å². The van der Waals surface area contributed by atoms with E-state index in [1.165, 1.54) is 0 Å². The summed E-state index contributed by atoms with van der Waals surface area (Å²) in [6.07, 6.45) is 7.70. The first-order chi connectivity index (χ1) is 14.2. The molecule has 1 aliphatic carbocycles. The number of amides is 1. The van der Waals surface area contributed by atoms with Crippen LogP contribution in [0.3, 0.4) is 0 Å². The summed E-state index contributed by atoms with van der Waals surface area (Å²) in [5.41, 5.74) is 0.890. The summed E-state index contributed by atoms with van der Waals surface area (Å²) in [4.78, 5) is 27.2. The number of nitrogens with zero attached hydrogens (tertiary/aromatic N) is 3. The van der Waals surface area contributed by atoms with E-state index in [4.69, 9.17) is 4.74 Å². The van der Waals surface area contributed by atoms with Crippen LogP contribution in [-0.2, 0) is 9.53 Å². The van der Waals surface area contributed by atoms with E-state index in [0.717, 1.165) is 62.0 Å². The number of aromatic nitrogens is 3. The standard InChI is InChI=1S/C21H29N5O3/c27-17(14-3-9-29-10-4-14)11-23-20(28)16-2-8-26(12-21(16)5-6-21)19-15-1-7-22-18(15)24-13-25-19/h1,7,13-14,16-17,27H,2-6,8-12H2,(H,23,28)(H,22,24,25)/t16-,17+/m1/s1. The van der Waals surface area contributed by atoms with Gasteiger partial charge in [-0.2, -0.15) is 0 Å². The van der Waals surface area contributed by atoms with Gasteiger partial charge < -0.3 is 25.0 Å². The number of ether oxygens (including phenoxy) is 1. The Labute approximate surface area is 170 Å². The minimum Gasteiger partial charge on any atom is -0.391 e. The molecule has 3 fully saturated rings. The van der Waals surface area contributed by atoms with Crippen LogP contribution in [0.15, 0.2) is 18.6 Å². The number of aromatic amines is 1. The van der Waals surface area contributed by atoms with Crippen LogP contribution in [0.2, 0.25) is 0 Å². The lowest BCUT2D eigenvalue weighted by molar-refractivity contribution is -0.128. The Balaban J connectivity index is 1.22. The van der Waals surface area contributed by atoms with Crippen molar-refractivity contribution in [1.29, 1.82) is 0 Å². The van der Waals surface area contributed by atoms with Crippen LogP contribution in [0, 0.1) is 17.3 Å². The van der Waals surface area contributed by atoms with E-state index < -0.39 is 6.10 Å². The summed E-state index contributed by atoms with van der Waals surface area (Å²) < 4.78 is 5.36. The van der Waals surface area contributed by atoms with Gasteiger partial charge in [0.15, 0.2) is 0 Å². The quantitative estimate of drug-likeness (QED) is 0.704. The minimum atomic E-state index is -0.485. The van der Waals surface area contributed by atoms with Gasteiger partial charge in [0.2, 0.25) is 5.91 Å². The van der Waals surface area contributed by atoms with E-state index >= 15 is 0 Å². The molecule has 4 heterocycles. The lowest BCUT2D eigenvalue weighted by Crippen LogP contribution is -2.49. The molecule has 3 aliphatic rings. The second-order valence-electron chi connectivity index (χ2n) is 8.82. The number of aliphatic hydroxyl groups excluding tert-OH is 1. The molecule has 1 saturated carbocycles. The average Bonchev–Trinajstić information content (AvgIpc) is 3.34. The summed E-state index contributed by atoms with van der Waals surface area (Å²) in [6.45, 7) is 3.41. The Hall–Kier alpha value is -2.19. The second kappa shape index (κ2) is 7.57. The number of aliphatic hydroxyl groups is 1. The summed E-state index contributed by atoms with van der Waals surface area (Å²) >= 11 is 0. The fraction of sp³-hybridized carbons (Fsp3) is 0.667. The van der Waals surface area contributed by atoms with Gasteiger partial charge in [0, 0.05) is 45.0 Å². The Kier molecular flexibility index (Phi) is 4.91. The fourth-order valence-electron chi connectivity index (χ4n) is 5.12. The van der Waals surface area contributed by atoms with Gasteiger partial charge in [0.25, 0.3) is 0 Å². The van der Waals surface area contributed by atoms with E-state index in [9.17, 15) is 9.90 Å². The summed E-state index contributed by atoms with van der Waals surface area (Å²) in [7, 11) is 0. The molecule has 156 valence electrons. The lowest BCUT2D eigenvalue weighted by Gasteiger charge is -2.39. The summed E-state index contributed by atoms with van der Waals surface area (Å²) in [5, 5.41) is 14.5. The molecule has 0 aromatic carbocycles. The number of rotatable bonds is 5. The second-order valence-corrected chi connectivity index (χ2v) is 8.82. The Morgan fingerprint density at radius 3 is 2.97 bits per heavy atom. The van der Waals surface area contributed by atoms with Crippen molar-refractivity contribution in [3.05, 3.63) is 18.6 Å². The normalized spacial score (nSPS) is 25.3. The van der Waals surface area contributed by atoms with Crippen LogP contribution in [0.25, 0.3) is 11.0 Å². The number of hydrogen-bond donors (Lipinski definition) is 3. The third-order valence-electron chi connectivity index (χ3n) is 7.07. The predicted octanol–water partition coefficient (Wildman–Crippen LogP) is 1.47. The molecule has 8 nitrogen and oxygen atoms in total. The monoisotopic (exact) mass is 399 g/mol. The van der Waals surface area contributed by atoms with E-state index in [2.05, 4.69) is 25.2 Å². The van der Waals surface area contributed by atoms with Crippen LogP contribution in [0.4, 0.5) is 5.82 Å². The van der Waals surface area contributed by atoms with Gasteiger partial charge in [0.1, 0.15) is 17.8 Å². The largest absolute Gasteiger partial charge is 0.391 e. The lowest BCUT2D eigenvalue weighted by atomic mass is 9.81.